The molecule has 0 bridgehead atoms. The second-order valence-corrected chi connectivity index (χ2v) is 3.65. The van der Waals surface area contributed by atoms with Crippen LogP contribution in [0.5, 0.6) is 5.75 Å². The van der Waals surface area contributed by atoms with Crippen molar-refractivity contribution in [2.45, 2.75) is 13.3 Å². The Hall–Kier alpha value is -1.26. The summed E-state index contributed by atoms with van der Waals surface area (Å²) in [7, 11) is 0. The summed E-state index contributed by atoms with van der Waals surface area (Å²) in [6, 6.07) is 7.36. The molecule has 0 saturated heterocycles. The summed E-state index contributed by atoms with van der Waals surface area (Å²) in [5, 5.41) is 0. The molecule has 0 amide bonds. The summed E-state index contributed by atoms with van der Waals surface area (Å²) >= 11 is 0. The van der Waals surface area contributed by atoms with E-state index in [1.807, 2.05) is 18.2 Å². The van der Waals surface area contributed by atoms with E-state index >= 15 is 0 Å². The normalized spacial score (nSPS) is 10.4. The van der Waals surface area contributed by atoms with Gasteiger partial charge in [0, 0.05) is 18.4 Å². The summed E-state index contributed by atoms with van der Waals surface area (Å²) in [6.07, 6.45) is 1.04. The average Bonchev–Trinajstić information content (AvgIpc) is 2.33. The third kappa shape index (κ3) is 6.81. The van der Waals surface area contributed by atoms with E-state index < -0.39 is 0 Å². The van der Waals surface area contributed by atoms with Crippen LogP contribution in [0.2, 0.25) is 0 Å². The minimum atomic E-state index is 0.525. The molecule has 0 spiro atoms. The van der Waals surface area contributed by atoms with Gasteiger partial charge in [-0.25, -0.2) is 0 Å². The first-order chi connectivity index (χ1) is 8.33. The van der Waals surface area contributed by atoms with E-state index in [-0.39, 0.29) is 0 Å². The molecule has 0 aromatic heterocycles. The molecule has 1 aromatic carbocycles. The molecule has 17 heavy (non-hydrogen) atoms. The van der Waals surface area contributed by atoms with Crippen molar-refractivity contribution in [2.75, 3.05) is 38.8 Å². The number of nitrogens with two attached hydrogens (primary N) is 1. The molecule has 0 unspecified atom stereocenters. The zero-order valence-electron chi connectivity index (χ0n) is 10.4. The van der Waals surface area contributed by atoms with Gasteiger partial charge in [-0.3, -0.25) is 0 Å². The Kier molecular flexibility index (Phi) is 7.18. The zero-order chi connectivity index (χ0) is 12.3. The van der Waals surface area contributed by atoms with E-state index in [0.29, 0.717) is 32.1 Å². The fourth-order valence-electron chi connectivity index (χ4n) is 1.29. The summed E-state index contributed by atoms with van der Waals surface area (Å²) in [5.74, 6) is 0.774. The van der Waals surface area contributed by atoms with E-state index in [4.69, 9.17) is 19.9 Å². The Morgan fingerprint density at radius 2 is 1.71 bits per heavy atom. The molecule has 96 valence electrons. The maximum absolute atomic E-state index is 5.63. The zero-order valence-corrected chi connectivity index (χ0v) is 10.4. The van der Waals surface area contributed by atoms with Crippen LogP contribution in [0.15, 0.2) is 24.3 Å². The van der Waals surface area contributed by atoms with Crippen molar-refractivity contribution in [2.24, 2.45) is 0 Å². The van der Waals surface area contributed by atoms with Crippen molar-refractivity contribution in [1.82, 2.24) is 0 Å². The van der Waals surface area contributed by atoms with Crippen LogP contribution >= 0.6 is 0 Å². The number of benzene rings is 1. The maximum Gasteiger partial charge on any atom is 0.121 e. The van der Waals surface area contributed by atoms with Crippen molar-refractivity contribution in [3.63, 3.8) is 0 Å². The Labute approximate surface area is 103 Å². The van der Waals surface area contributed by atoms with Crippen LogP contribution < -0.4 is 10.5 Å². The van der Waals surface area contributed by atoms with Gasteiger partial charge in [0.15, 0.2) is 0 Å². The minimum Gasteiger partial charge on any atom is -0.491 e. The molecule has 0 aliphatic heterocycles. The average molecular weight is 239 g/mol. The van der Waals surface area contributed by atoms with Gasteiger partial charge < -0.3 is 19.9 Å². The number of anilines is 1. The molecule has 1 aromatic rings. The molecule has 2 N–H and O–H groups in total. The van der Waals surface area contributed by atoms with Gasteiger partial charge in [-0.15, -0.1) is 0 Å². The van der Waals surface area contributed by atoms with Gasteiger partial charge in [-0.1, -0.05) is 13.0 Å². The molecule has 0 heterocycles. The van der Waals surface area contributed by atoms with Crippen molar-refractivity contribution >= 4 is 5.69 Å². The molecule has 0 atom stereocenters. The summed E-state index contributed by atoms with van der Waals surface area (Å²) in [6.45, 7) is 5.22. The largest absolute Gasteiger partial charge is 0.491 e. The monoisotopic (exact) mass is 239 g/mol. The predicted octanol–water partition coefficient (Wildman–Crippen LogP) is 2.09. The fourth-order valence-corrected chi connectivity index (χ4v) is 1.29. The van der Waals surface area contributed by atoms with Crippen LogP contribution in [0, 0.1) is 0 Å². The smallest absolute Gasteiger partial charge is 0.121 e. The van der Waals surface area contributed by atoms with Crippen molar-refractivity contribution in [3.05, 3.63) is 24.3 Å². The number of hydrogen-bond acceptors (Lipinski definition) is 4. The van der Waals surface area contributed by atoms with Crippen LogP contribution in [0.25, 0.3) is 0 Å². The summed E-state index contributed by atoms with van der Waals surface area (Å²) in [5.41, 5.74) is 6.33. The van der Waals surface area contributed by atoms with E-state index in [1.54, 1.807) is 6.07 Å². The van der Waals surface area contributed by atoms with Gasteiger partial charge >= 0.3 is 0 Å². The van der Waals surface area contributed by atoms with Crippen molar-refractivity contribution in [1.29, 1.82) is 0 Å². The molecular formula is C13H21NO3. The first-order valence-electron chi connectivity index (χ1n) is 5.96. The molecule has 4 heteroatoms. The third-order valence-electron chi connectivity index (χ3n) is 2.07. The van der Waals surface area contributed by atoms with Gasteiger partial charge in [-0.05, 0) is 18.6 Å². The van der Waals surface area contributed by atoms with Crippen LogP contribution in [-0.4, -0.2) is 33.0 Å². The third-order valence-corrected chi connectivity index (χ3v) is 2.07. The molecule has 0 aliphatic carbocycles. The molecule has 0 radical (unpaired) electrons. The van der Waals surface area contributed by atoms with Crippen LogP contribution in [0.3, 0.4) is 0 Å². The van der Waals surface area contributed by atoms with Crippen LogP contribution in [-0.2, 0) is 9.47 Å². The quantitative estimate of drug-likeness (QED) is 0.529. The van der Waals surface area contributed by atoms with Gasteiger partial charge in [0.2, 0.25) is 0 Å². The van der Waals surface area contributed by atoms with E-state index in [1.165, 1.54) is 0 Å². The van der Waals surface area contributed by atoms with Crippen LogP contribution in [0.1, 0.15) is 13.3 Å². The highest BCUT2D eigenvalue weighted by atomic mass is 16.5. The standard InChI is InChI=1S/C13H21NO3/c1-2-6-15-7-8-16-9-10-17-13-5-3-4-12(14)11-13/h3-5,11H,2,6-10,14H2,1H3. The van der Waals surface area contributed by atoms with E-state index in [9.17, 15) is 0 Å². The molecule has 0 fully saturated rings. The number of nitrogen functional groups attached to an aromatic ring is 1. The molecule has 0 aliphatic rings. The van der Waals surface area contributed by atoms with Crippen molar-refractivity contribution in [3.8, 4) is 5.75 Å². The van der Waals surface area contributed by atoms with Gasteiger partial charge in [0.25, 0.3) is 0 Å². The topological polar surface area (TPSA) is 53.7 Å². The highest BCUT2D eigenvalue weighted by molar-refractivity contribution is 5.43. The lowest BCUT2D eigenvalue weighted by atomic mass is 10.3. The second kappa shape index (κ2) is 8.84. The second-order valence-electron chi connectivity index (χ2n) is 3.65. The molecular weight excluding hydrogens is 218 g/mol. The highest BCUT2D eigenvalue weighted by Crippen LogP contribution is 2.13. The Morgan fingerprint density at radius 3 is 2.41 bits per heavy atom. The molecule has 0 saturated carbocycles. The first-order valence-corrected chi connectivity index (χ1v) is 5.96. The summed E-state index contributed by atoms with van der Waals surface area (Å²) < 4.78 is 16.1. The van der Waals surface area contributed by atoms with Crippen molar-refractivity contribution < 1.29 is 14.2 Å². The molecule has 4 nitrogen and oxygen atoms in total. The Bertz CT molecular complexity index is 304. The van der Waals surface area contributed by atoms with Gasteiger partial charge in [0.05, 0.1) is 19.8 Å². The van der Waals surface area contributed by atoms with E-state index in [2.05, 4.69) is 6.92 Å². The van der Waals surface area contributed by atoms with E-state index in [0.717, 1.165) is 18.8 Å². The SMILES string of the molecule is CCCOCCOCCOc1cccc(N)c1. The van der Waals surface area contributed by atoms with Gasteiger partial charge in [-0.2, -0.15) is 0 Å². The fraction of sp³-hybridized carbons (Fsp3) is 0.538. The lowest BCUT2D eigenvalue weighted by molar-refractivity contribution is 0.0366. The number of hydrogen-bond donors (Lipinski definition) is 1. The number of rotatable bonds is 9. The number of ether oxygens (including phenoxy) is 3. The lowest BCUT2D eigenvalue weighted by Crippen LogP contribution is -2.11. The predicted molar refractivity (Wildman–Crippen MR) is 68.3 cm³/mol. The Balaban J connectivity index is 1.97. The van der Waals surface area contributed by atoms with Crippen LogP contribution in [0.4, 0.5) is 5.69 Å². The summed E-state index contributed by atoms with van der Waals surface area (Å²) in [4.78, 5) is 0. The Morgan fingerprint density at radius 1 is 1.00 bits per heavy atom. The molecule has 1 rings (SSSR count). The minimum absolute atomic E-state index is 0.525. The first kappa shape index (κ1) is 13.8. The highest BCUT2D eigenvalue weighted by Gasteiger charge is 1.94. The van der Waals surface area contributed by atoms with Gasteiger partial charge in [0.1, 0.15) is 12.4 Å². The maximum atomic E-state index is 5.63. The lowest BCUT2D eigenvalue weighted by Gasteiger charge is -2.07.